The predicted octanol–water partition coefficient (Wildman–Crippen LogP) is 3.70. The highest BCUT2D eigenvalue weighted by Crippen LogP contribution is 2.37. The molecule has 5 heteroatoms. The Balaban J connectivity index is 2.04. The monoisotopic (exact) mass is 314 g/mol. The Kier molecular flexibility index (Phi) is 4.05. The van der Waals surface area contributed by atoms with E-state index in [-0.39, 0.29) is 18.3 Å². The van der Waals surface area contributed by atoms with Gasteiger partial charge in [0.25, 0.3) is 0 Å². The molecule has 0 saturated carbocycles. The summed E-state index contributed by atoms with van der Waals surface area (Å²) in [4.78, 5) is 0. The minimum absolute atomic E-state index is 0.328. The molecule has 0 aliphatic carbocycles. The van der Waals surface area contributed by atoms with Crippen LogP contribution in [0.1, 0.15) is 60.4 Å². The molecule has 3 rings (SSSR count). The van der Waals surface area contributed by atoms with Gasteiger partial charge in [-0.1, -0.05) is 26.0 Å². The zero-order valence-corrected chi connectivity index (χ0v) is 15.1. The van der Waals surface area contributed by atoms with Crippen molar-refractivity contribution >= 4 is 23.5 Å². The van der Waals surface area contributed by atoms with Crippen LogP contribution in [0.4, 0.5) is 0 Å². The summed E-state index contributed by atoms with van der Waals surface area (Å²) in [5.41, 5.74) is 1.57. The topological polar surface area (TPSA) is 36.3 Å². The molecule has 4 nitrogen and oxygen atoms in total. The zero-order valence-electron chi connectivity index (χ0n) is 15.1. The van der Waals surface area contributed by atoms with Crippen LogP contribution in [0.15, 0.2) is 24.4 Å². The molecule has 1 saturated heterocycles. The first kappa shape index (κ1) is 16.5. The summed E-state index contributed by atoms with van der Waals surface area (Å²) in [6, 6.07) is 6.73. The van der Waals surface area contributed by atoms with Crippen molar-refractivity contribution in [2.24, 2.45) is 0 Å². The predicted molar refractivity (Wildman–Crippen MR) is 95.1 cm³/mol. The number of fused-ring (bicyclic) bond motifs is 1. The molecule has 0 bridgehead atoms. The van der Waals surface area contributed by atoms with E-state index in [2.05, 4.69) is 69.5 Å². The van der Waals surface area contributed by atoms with E-state index in [4.69, 9.17) is 9.31 Å². The number of nitrogens with zero attached hydrogens (tertiary/aromatic N) is 2. The SMILES string of the molecule is CCC(CC)n1ncc2c(B3OC(C)(C)C(C)(C)O3)cccc21. The van der Waals surface area contributed by atoms with Gasteiger partial charge in [0.1, 0.15) is 0 Å². The quantitative estimate of drug-likeness (QED) is 0.808. The first-order valence-corrected chi connectivity index (χ1v) is 8.62. The number of aromatic nitrogens is 2. The Morgan fingerprint density at radius 2 is 1.70 bits per heavy atom. The average molecular weight is 314 g/mol. The minimum Gasteiger partial charge on any atom is -0.399 e. The number of hydrogen-bond acceptors (Lipinski definition) is 3. The molecule has 2 aromatic rings. The van der Waals surface area contributed by atoms with Gasteiger partial charge in [-0.05, 0) is 52.1 Å². The Morgan fingerprint density at radius 3 is 2.26 bits per heavy atom. The molecule has 0 spiro atoms. The van der Waals surface area contributed by atoms with E-state index in [1.807, 2.05) is 6.20 Å². The summed E-state index contributed by atoms with van der Waals surface area (Å²) >= 11 is 0. The Hall–Kier alpha value is -1.33. The van der Waals surface area contributed by atoms with E-state index in [0.717, 1.165) is 29.2 Å². The van der Waals surface area contributed by atoms with Crippen molar-refractivity contribution in [1.29, 1.82) is 0 Å². The molecule has 2 heterocycles. The van der Waals surface area contributed by atoms with E-state index >= 15 is 0 Å². The fraction of sp³-hybridized carbons (Fsp3) is 0.611. The van der Waals surface area contributed by atoms with Gasteiger partial charge in [-0.15, -0.1) is 0 Å². The molecule has 23 heavy (non-hydrogen) atoms. The normalized spacial score (nSPS) is 19.9. The van der Waals surface area contributed by atoms with Crippen LogP contribution in [0.5, 0.6) is 0 Å². The van der Waals surface area contributed by atoms with Crippen molar-refractivity contribution in [2.45, 2.75) is 71.6 Å². The van der Waals surface area contributed by atoms with Crippen molar-refractivity contribution in [3.63, 3.8) is 0 Å². The summed E-state index contributed by atoms with van der Waals surface area (Å²) in [6.45, 7) is 12.8. The van der Waals surface area contributed by atoms with Crippen molar-refractivity contribution < 1.29 is 9.31 Å². The van der Waals surface area contributed by atoms with Gasteiger partial charge in [0, 0.05) is 5.39 Å². The molecule has 124 valence electrons. The number of rotatable bonds is 4. The Bertz CT molecular complexity index is 688. The first-order valence-electron chi connectivity index (χ1n) is 8.62. The third kappa shape index (κ3) is 2.60. The maximum Gasteiger partial charge on any atom is 0.495 e. The van der Waals surface area contributed by atoms with Gasteiger partial charge in [0.05, 0.1) is 29.0 Å². The van der Waals surface area contributed by atoms with Crippen molar-refractivity contribution in [3.05, 3.63) is 24.4 Å². The van der Waals surface area contributed by atoms with E-state index < -0.39 is 0 Å². The molecule has 0 atom stereocenters. The lowest BCUT2D eigenvalue weighted by molar-refractivity contribution is 0.00578. The maximum atomic E-state index is 6.22. The molecular weight excluding hydrogens is 287 g/mol. The van der Waals surface area contributed by atoms with E-state index in [9.17, 15) is 0 Å². The fourth-order valence-corrected chi connectivity index (χ4v) is 3.19. The highest BCUT2D eigenvalue weighted by molar-refractivity contribution is 6.65. The maximum absolute atomic E-state index is 6.22. The third-order valence-electron chi connectivity index (χ3n) is 5.47. The largest absolute Gasteiger partial charge is 0.495 e. The summed E-state index contributed by atoms with van der Waals surface area (Å²) in [6.07, 6.45) is 4.11. The second kappa shape index (κ2) is 5.64. The number of benzene rings is 1. The summed E-state index contributed by atoms with van der Waals surface area (Å²) in [5, 5.41) is 5.77. The molecule has 1 aromatic carbocycles. The minimum atomic E-state index is -0.344. The molecule has 0 N–H and O–H groups in total. The smallest absolute Gasteiger partial charge is 0.399 e. The van der Waals surface area contributed by atoms with Crippen LogP contribution in [-0.4, -0.2) is 28.1 Å². The van der Waals surface area contributed by atoms with Crippen LogP contribution in [0.3, 0.4) is 0 Å². The molecule has 0 radical (unpaired) electrons. The van der Waals surface area contributed by atoms with Crippen molar-refractivity contribution in [1.82, 2.24) is 9.78 Å². The standard InChI is InChI=1S/C18H27BN2O2/c1-7-13(8-2)21-16-11-9-10-15(14(16)12-20-21)19-22-17(3,4)18(5,6)23-19/h9-13H,7-8H2,1-6H3. The molecule has 1 fully saturated rings. The van der Waals surface area contributed by atoms with Crippen LogP contribution in [0.25, 0.3) is 10.9 Å². The van der Waals surface area contributed by atoms with Crippen LogP contribution < -0.4 is 5.46 Å². The lowest BCUT2D eigenvalue weighted by atomic mass is 9.77. The van der Waals surface area contributed by atoms with E-state index in [0.29, 0.717) is 6.04 Å². The van der Waals surface area contributed by atoms with Gasteiger partial charge >= 0.3 is 7.12 Å². The summed E-state index contributed by atoms with van der Waals surface area (Å²) in [5.74, 6) is 0. The second-order valence-electron chi connectivity index (χ2n) is 7.43. The van der Waals surface area contributed by atoms with Gasteiger partial charge in [0.15, 0.2) is 0 Å². The van der Waals surface area contributed by atoms with Gasteiger partial charge < -0.3 is 9.31 Å². The lowest BCUT2D eigenvalue weighted by Crippen LogP contribution is -2.41. The van der Waals surface area contributed by atoms with Gasteiger partial charge in [-0.3, -0.25) is 4.68 Å². The molecule has 1 aliphatic rings. The van der Waals surface area contributed by atoms with Crippen molar-refractivity contribution in [3.8, 4) is 0 Å². The van der Waals surface area contributed by atoms with E-state index in [1.165, 1.54) is 0 Å². The van der Waals surface area contributed by atoms with Crippen LogP contribution >= 0.6 is 0 Å². The molecule has 1 aromatic heterocycles. The summed E-state index contributed by atoms with van der Waals surface area (Å²) in [7, 11) is -0.344. The molecular formula is C18H27BN2O2. The van der Waals surface area contributed by atoms with Crippen LogP contribution in [-0.2, 0) is 9.31 Å². The highest BCUT2D eigenvalue weighted by Gasteiger charge is 2.52. The third-order valence-corrected chi connectivity index (χ3v) is 5.47. The summed E-state index contributed by atoms with van der Waals surface area (Å²) < 4.78 is 14.6. The number of hydrogen-bond donors (Lipinski definition) is 0. The van der Waals surface area contributed by atoms with Gasteiger partial charge in [0.2, 0.25) is 0 Å². The van der Waals surface area contributed by atoms with E-state index in [1.54, 1.807) is 0 Å². The first-order chi connectivity index (χ1) is 10.8. The lowest BCUT2D eigenvalue weighted by Gasteiger charge is -2.32. The van der Waals surface area contributed by atoms with Gasteiger partial charge in [-0.25, -0.2) is 0 Å². The zero-order chi connectivity index (χ0) is 16.8. The second-order valence-corrected chi connectivity index (χ2v) is 7.43. The van der Waals surface area contributed by atoms with Crippen molar-refractivity contribution in [2.75, 3.05) is 0 Å². The molecule has 0 unspecified atom stereocenters. The fourth-order valence-electron chi connectivity index (χ4n) is 3.19. The molecule has 1 aliphatic heterocycles. The Morgan fingerprint density at radius 1 is 1.09 bits per heavy atom. The highest BCUT2D eigenvalue weighted by atomic mass is 16.7. The average Bonchev–Trinajstić information content (AvgIpc) is 3.00. The van der Waals surface area contributed by atoms with Gasteiger partial charge in [-0.2, -0.15) is 5.10 Å². The van der Waals surface area contributed by atoms with Crippen LogP contribution in [0.2, 0.25) is 0 Å². The van der Waals surface area contributed by atoms with Crippen LogP contribution in [0, 0.1) is 0 Å². The Labute approximate surface area is 139 Å². The molecule has 0 amide bonds.